The first-order valence-electron chi connectivity index (χ1n) is 6.82. The molecule has 1 aliphatic rings. The third-order valence-electron chi connectivity index (χ3n) is 3.75. The standard InChI is InChI=1S/C15H17N3O2/c1-20-14-7-3-6-12(17-14)9-18-10-16-13(8-15(18)19)11-4-2-5-11/h3,6-8,10-11H,2,4-5,9H2,1H3. The molecule has 0 atom stereocenters. The molecule has 0 N–H and O–H groups in total. The minimum Gasteiger partial charge on any atom is -0.481 e. The van der Waals surface area contributed by atoms with Crippen molar-refractivity contribution in [1.29, 1.82) is 0 Å². The van der Waals surface area contributed by atoms with Gasteiger partial charge in [0.25, 0.3) is 5.56 Å². The predicted molar refractivity (Wildman–Crippen MR) is 75.0 cm³/mol. The van der Waals surface area contributed by atoms with Crippen molar-refractivity contribution in [2.24, 2.45) is 0 Å². The molecule has 0 aromatic carbocycles. The maximum absolute atomic E-state index is 12.1. The van der Waals surface area contributed by atoms with E-state index in [0.29, 0.717) is 18.3 Å². The van der Waals surface area contributed by atoms with Gasteiger partial charge in [-0.05, 0) is 18.9 Å². The maximum atomic E-state index is 12.1. The van der Waals surface area contributed by atoms with Gasteiger partial charge >= 0.3 is 0 Å². The summed E-state index contributed by atoms with van der Waals surface area (Å²) >= 11 is 0. The van der Waals surface area contributed by atoms with Crippen molar-refractivity contribution in [3.63, 3.8) is 0 Å². The number of rotatable bonds is 4. The van der Waals surface area contributed by atoms with E-state index < -0.39 is 0 Å². The quantitative estimate of drug-likeness (QED) is 0.853. The van der Waals surface area contributed by atoms with Crippen molar-refractivity contribution in [3.05, 3.63) is 52.3 Å². The number of pyridine rings is 1. The fraction of sp³-hybridized carbons (Fsp3) is 0.400. The highest BCUT2D eigenvalue weighted by molar-refractivity contribution is 5.16. The Morgan fingerprint density at radius 1 is 1.40 bits per heavy atom. The summed E-state index contributed by atoms with van der Waals surface area (Å²) in [6, 6.07) is 7.17. The molecule has 0 saturated heterocycles. The molecule has 0 unspecified atom stereocenters. The van der Waals surface area contributed by atoms with Crippen molar-refractivity contribution in [2.45, 2.75) is 31.7 Å². The Bertz CT molecular complexity index is 662. The van der Waals surface area contributed by atoms with Gasteiger partial charge in [-0.1, -0.05) is 12.5 Å². The highest BCUT2D eigenvalue weighted by Gasteiger charge is 2.21. The van der Waals surface area contributed by atoms with Crippen LogP contribution in [-0.4, -0.2) is 21.6 Å². The summed E-state index contributed by atoms with van der Waals surface area (Å²) in [6.07, 6.45) is 5.15. The van der Waals surface area contributed by atoms with Crippen LogP contribution in [0.3, 0.4) is 0 Å². The summed E-state index contributed by atoms with van der Waals surface area (Å²) in [4.78, 5) is 20.8. The maximum Gasteiger partial charge on any atom is 0.253 e. The number of hydrogen-bond acceptors (Lipinski definition) is 4. The lowest BCUT2D eigenvalue weighted by molar-refractivity contribution is 0.395. The average molecular weight is 271 g/mol. The molecule has 2 aromatic rings. The van der Waals surface area contributed by atoms with E-state index in [2.05, 4.69) is 9.97 Å². The van der Waals surface area contributed by atoms with Gasteiger partial charge in [-0.25, -0.2) is 9.97 Å². The van der Waals surface area contributed by atoms with Gasteiger partial charge in [-0.3, -0.25) is 9.36 Å². The molecule has 0 bridgehead atoms. The molecule has 3 rings (SSSR count). The second kappa shape index (κ2) is 5.45. The first kappa shape index (κ1) is 12.8. The van der Waals surface area contributed by atoms with E-state index in [1.54, 1.807) is 30.1 Å². The molecule has 0 amide bonds. The van der Waals surface area contributed by atoms with Gasteiger partial charge < -0.3 is 4.74 Å². The fourth-order valence-corrected chi connectivity index (χ4v) is 2.32. The van der Waals surface area contributed by atoms with E-state index >= 15 is 0 Å². The first-order chi connectivity index (χ1) is 9.76. The molecule has 20 heavy (non-hydrogen) atoms. The number of nitrogens with zero attached hydrogens (tertiary/aromatic N) is 3. The van der Waals surface area contributed by atoms with Crippen LogP contribution >= 0.6 is 0 Å². The van der Waals surface area contributed by atoms with Crippen molar-refractivity contribution in [1.82, 2.24) is 14.5 Å². The molecule has 2 aromatic heterocycles. The average Bonchev–Trinajstić information content (AvgIpc) is 2.40. The topological polar surface area (TPSA) is 57.0 Å². The van der Waals surface area contributed by atoms with Crippen LogP contribution in [0.25, 0.3) is 0 Å². The van der Waals surface area contributed by atoms with Crippen LogP contribution in [-0.2, 0) is 6.54 Å². The lowest BCUT2D eigenvalue weighted by Crippen LogP contribution is -2.23. The number of hydrogen-bond donors (Lipinski definition) is 0. The summed E-state index contributed by atoms with van der Waals surface area (Å²) in [5, 5.41) is 0. The Morgan fingerprint density at radius 3 is 2.90 bits per heavy atom. The van der Waals surface area contributed by atoms with E-state index in [1.807, 2.05) is 12.1 Å². The Hall–Kier alpha value is -2.17. The molecule has 0 spiro atoms. The van der Waals surface area contributed by atoms with Gasteiger partial charge in [-0.2, -0.15) is 0 Å². The molecule has 1 aliphatic carbocycles. The van der Waals surface area contributed by atoms with Crippen molar-refractivity contribution in [2.75, 3.05) is 7.11 Å². The Morgan fingerprint density at radius 2 is 2.25 bits per heavy atom. The molecule has 104 valence electrons. The van der Waals surface area contributed by atoms with E-state index in [9.17, 15) is 4.79 Å². The highest BCUT2D eigenvalue weighted by atomic mass is 16.5. The molecule has 1 fully saturated rings. The van der Waals surface area contributed by atoms with Gasteiger partial charge in [0.1, 0.15) is 0 Å². The van der Waals surface area contributed by atoms with Crippen LogP contribution in [0.4, 0.5) is 0 Å². The lowest BCUT2D eigenvalue weighted by atomic mass is 9.83. The van der Waals surface area contributed by atoms with Gasteiger partial charge in [0.05, 0.1) is 31.4 Å². The van der Waals surface area contributed by atoms with E-state index in [0.717, 1.165) is 24.2 Å². The Kier molecular flexibility index (Phi) is 3.50. The largest absolute Gasteiger partial charge is 0.481 e. The van der Waals surface area contributed by atoms with Crippen LogP contribution in [0.15, 0.2) is 35.4 Å². The molecule has 0 radical (unpaired) electrons. The lowest BCUT2D eigenvalue weighted by Gasteiger charge is -2.24. The molecule has 0 aliphatic heterocycles. The fourth-order valence-electron chi connectivity index (χ4n) is 2.32. The summed E-state index contributed by atoms with van der Waals surface area (Å²) in [6.45, 7) is 0.411. The normalized spacial score (nSPS) is 14.8. The second-order valence-electron chi connectivity index (χ2n) is 5.08. The van der Waals surface area contributed by atoms with Crippen LogP contribution in [0.5, 0.6) is 5.88 Å². The van der Waals surface area contributed by atoms with E-state index in [-0.39, 0.29) is 5.56 Å². The summed E-state index contributed by atoms with van der Waals surface area (Å²) in [7, 11) is 1.58. The molecule has 1 saturated carbocycles. The minimum atomic E-state index is -0.0217. The van der Waals surface area contributed by atoms with Crippen LogP contribution in [0.2, 0.25) is 0 Å². The van der Waals surface area contributed by atoms with Gasteiger partial charge in [0, 0.05) is 18.1 Å². The summed E-state index contributed by atoms with van der Waals surface area (Å²) in [5.74, 6) is 1.03. The Balaban J connectivity index is 1.81. The number of methoxy groups -OCH3 is 1. The minimum absolute atomic E-state index is 0.0217. The van der Waals surface area contributed by atoms with E-state index in [4.69, 9.17) is 4.74 Å². The number of aromatic nitrogens is 3. The van der Waals surface area contributed by atoms with Crippen molar-refractivity contribution < 1.29 is 4.74 Å². The van der Waals surface area contributed by atoms with Gasteiger partial charge in [-0.15, -0.1) is 0 Å². The predicted octanol–water partition coefficient (Wildman–Crippen LogP) is 1.96. The smallest absolute Gasteiger partial charge is 0.253 e. The van der Waals surface area contributed by atoms with Crippen molar-refractivity contribution in [3.8, 4) is 5.88 Å². The Labute approximate surface area is 117 Å². The molecular weight excluding hydrogens is 254 g/mol. The molecule has 5 heteroatoms. The van der Waals surface area contributed by atoms with Crippen molar-refractivity contribution >= 4 is 0 Å². The zero-order chi connectivity index (χ0) is 13.9. The van der Waals surface area contributed by atoms with Crippen LogP contribution < -0.4 is 10.3 Å². The van der Waals surface area contributed by atoms with Gasteiger partial charge in [0.15, 0.2) is 0 Å². The third-order valence-corrected chi connectivity index (χ3v) is 3.75. The third kappa shape index (κ3) is 2.57. The van der Waals surface area contributed by atoms with Crippen LogP contribution in [0.1, 0.15) is 36.6 Å². The zero-order valence-electron chi connectivity index (χ0n) is 11.5. The highest BCUT2D eigenvalue weighted by Crippen LogP contribution is 2.34. The molecule has 2 heterocycles. The number of ether oxygens (including phenoxy) is 1. The first-order valence-corrected chi connectivity index (χ1v) is 6.82. The second-order valence-corrected chi connectivity index (χ2v) is 5.08. The van der Waals surface area contributed by atoms with E-state index in [1.165, 1.54) is 6.42 Å². The SMILES string of the molecule is COc1cccc(Cn2cnc(C3CCC3)cc2=O)n1. The summed E-state index contributed by atoms with van der Waals surface area (Å²) in [5.41, 5.74) is 1.69. The van der Waals surface area contributed by atoms with Gasteiger partial charge in [0.2, 0.25) is 5.88 Å². The monoisotopic (exact) mass is 271 g/mol. The molecule has 5 nitrogen and oxygen atoms in total. The van der Waals surface area contributed by atoms with Crippen LogP contribution in [0, 0.1) is 0 Å². The summed E-state index contributed by atoms with van der Waals surface area (Å²) < 4.78 is 6.65. The zero-order valence-corrected chi connectivity index (χ0v) is 11.5. The molecular formula is C15H17N3O2.